The van der Waals surface area contributed by atoms with Crippen LogP contribution >= 0.6 is 15.9 Å². The molecule has 1 aromatic carbocycles. The molecule has 1 saturated heterocycles. The van der Waals surface area contributed by atoms with Gasteiger partial charge in [0.1, 0.15) is 6.04 Å². The Hall–Kier alpha value is -1.36. The van der Waals surface area contributed by atoms with Crippen LogP contribution in [-0.2, 0) is 9.59 Å². The van der Waals surface area contributed by atoms with Crippen molar-refractivity contribution in [3.05, 3.63) is 28.2 Å². The average Bonchev–Trinajstić information content (AvgIpc) is 2.59. The molecule has 1 aliphatic heterocycles. The maximum atomic E-state index is 12.8. The van der Waals surface area contributed by atoms with Crippen molar-refractivity contribution in [3.8, 4) is 0 Å². The van der Waals surface area contributed by atoms with E-state index in [4.69, 9.17) is 0 Å². The van der Waals surface area contributed by atoms with Gasteiger partial charge >= 0.3 is 0 Å². The summed E-state index contributed by atoms with van der Waals surface area (Å²) < 4.78 is 0.985. The van der Waals surface area contributed by atoms with E-state index >= 15 is 0 Å². The molecule has 2 rings (SSSR count). The van der Waals surface area contributed by atoms with Crippen molar-refractivity contribution in [2.24, 2.45) is 5.92 Å². The van der Waals surface area contributed by atoms with E-state index in [0.717, 1.165) is 22.1 Å². The first-order valence-electron chi connectivity index (χ1n) is 7.31. The number of halogens is 1. The molecule has 21 heavy (non-hydrogen) atoms. The van der Waals surface area contributed by atoms with Gasteiger partial charge in [0.15, 0.2) is 0 Å². The number of aryl methyl sites for hydroxylation is 1. The van der Waals surface area contributed by atoms with Gasteiger partial charge in [-0.2, -0.15) is 0 Å². The number of hydrogen-bond acceptors (Lipinski definition) is 2. The zero-order valence-electron chi connectivity index (χ0n) is 12.6. The van der Waals surface area contributed by atoms with Crippen molar-refractivity contribution < 1.29 is 9.59 Å². The smallest absolute Gasteiger partial charge is 0.249 e. The lowest BCUT2D eigenvalue weighted by Crippen LogP contribution is -2.48. The molecule has 1 aliphatic rings. The van der Waals surface area contributed by atoms with E-state index in [2.05, 4.69) is 21.2 Å². The zero-order chi connectivity index (χ0) is 15.6. The summed E-state index contributed by atoms with van der Waals surface area (Å²) in [6, 6.07) is 5.41. The summed E-state index contributed by atoms with van der Waals surface area (Å²) in [5.74, 6) is 0.0596. The Balaban J connectivity index is 2.37. The van der Waals surface area contributed by atoms with Crippen molar-refractivity contribution in [2.45, 2.75) is 39.7 Å². The first-order chi connectivity index (χ1) is 9.93. The zero-order valence-corrected chi connectivity index (χ0v) is 14.2. The molecule has 5 heteroatoms. The van der Waals surface area contributed by atoms with E-state index in [9.17, 15) is 9.59 Å². The standard InChI is InChI=1S/C16H21BrN2O2/c1-4-10(2)15-16(21)19(8-7-14(20)18-15)13-6-5-12(17)9-11(13)3/h5-6,9-10,15H,4,7-8H2,1-3H3,(H,18,20). The molecule has 0 saturated carbocycles. The van der Waals surface area contributed by atoms with Gasteiger partial charge in [0.2, 0.25) is 11.8 Å². The molecular weight excluding hydrogens is 332 g/mol. The summed E-state index contributed by atoms with van der Waals surface area (Å²) in [6.07, 6.45) is 1.19. The maximum absolute atomic E-state index is 12.8. The number of nitrogens with one attached hydrogen (secondary N) is 1. The average molecular weight is 353 g/mol. The van der Waals surface area contributed by atoms with Crippen LogP contribution in [0.4, 0.5) is 5.69 Å². The Labute approximate surface area is 134 Å². The number of amides is 2. The summed E-state index contributed by atoms with van der Waals surface area (Å²) >= 11 is 3.44. The lowest BCUT2D eigenvalue weighted by Gasteiger charge is -2.28. The van der Waals surface area contributed by atoms with E-state index in [1.54, 1.807) is 4.90 Å². The third-order valence-electron chi connectivity index (χ3n) is 4.07. The van der Waals surface area contributed by atoms with Crippen molar-refractivity contribution in [2.75, 3.05) is 11.4 Å². The molecule has 4 nitrogen and oxygen atoms in total. The Morgan fingerprint density at radius 1 is 1.43 bits per heavy atom. The normalized spacial score (nSPS) is 21.0. The summed E-state index contributed by atoms with van der Waals surface area (Å²) in [4.78, 5) is 26.5. The second-order valence-corrected chi connectivity index (χ2v) is 6.52. The van der Waals surface area contributed by atoms with E-state index < -0.39 is 6.04 Å². The third kappa shape index (κ3) is 3.46. The highest BCUT2D eigenvalue weighted by atomic mass is 79.9. The first-order valence-corrected chi connectivity index (χ1v) is 8.10. The highest BCUT2D eigenvalue weighted by Crippen LogP contribution is 2.26. The van der Waals surface area contributed by atoms with E-state index in [1.165, 1.54) is 0 Å². The first kappa shape index (κ1) is 16.0. The lowest BCUT2D eigenvalue weighted by atomic mass is 9.97. The minimum atomic E-state index is -0.437. The minimum absolute atomic E-state index is 0.0133. The summed E-state index contributed by atoms with van der Waals surface area (Å²) in [7, 11) is 0. The number of carbonyl (C=O) groups is 2. The molecule has 2 unspecified atom stereocenters. The third-order valence-corrected chi connectivity index (χ3v) is 4.57. The van der Waals surface area contributed by atoms with Gasteiger partial charge in [0.25, 0.3) is 0 Å². The number of rotatable bonds is 3. The van der Waals surface area contributed by atoms with E-state index in [0.29, 0.717) is 13.0 Å². The quantitative estimate of drug-likeness (QED) is 0.908. The molecule has 1 N–H and O–H groups in total. The number of nitrogens with zero attached hydrogens (tertiary/aromatic N) is 1. The molecule has 114 valence electrons. The molecule has 2 atom stereocenters. The van der Waals surface area contributed by atoms with Crippen molar-refractivity contribution in [3.63, 3.8) is 0 Å². The number of benzene rings is 1. The second-order valence-electron chi connectivity index (χ2n) is 5.60. The lowest BCUT2D eigenvalue weighted by molar-refractivity contribution is -0.126. The molecule has 1 heterocycles. The van der Waals surface area contributed by atoms with Gasteiger partial charge in [-0.05, 0) is 36.6 Å². The molecule has 0 radical (unpaired) electrons. The monoisotopic (exact) mass is 352 g/mol. The van der Waals surface area contributed by atoms with Gasteiger partial charge < -0.3 is 10.2 Å². The number of carbonyl (C=O) groups excluding carboxylic acids is 2. The van der Waals surface area contributed by atoms with Crippen LogP contribution in [0.3, 0.4) is 0 Å². The van der Waals surface area contributed by atoms with Gasteiger partial charge in [-0.1, -0.05) is 36.2 Å². The van der Waals surface area contributed by atoms with E-state index in [1.807, 2.05) is 39.0 Å². The highest BCUT2D eigenvalue weighted by Gasteiger charge is 2.34. The second kappa shape index (κ2) is 6.60. The fraction of sp³-hybridized carbons (Fsp3) is 0.500. The Bertz CT molecular complexity index is 559. The van der Waals surface area contributed by atoms with Crippen LogP contribution in [0.1, 0.15) is 32.3 Å². The summed E-state index contributed by atoms with van der Waals surface area (Å²) in [5, 5.41) is 2.87. The Morgan fingerprint density at radius 3 is 2.76 bits per heavy atom. The van der Waals surface area contributed by atoms with Crippen LogP contribution in [0.15, 0.2) is 22.7 Å². The largest absolute Gasteiger partial charge is 0.344 e. The van der Waals surface area contributed by atoms with Crippen LogP contribution in [0.25, 0.3) is 0 Å². The number of anilines is 1. The predicted octanol–water partition coefficient (Wildman–Crippen LogP) is 3.03. The minimum Gasteiger partial charge on any atom is -0.344 e. The van der Waals surface area contributed by atoms with Crippen LogP contribution in [0.5, 0.6) is 0 Å². The SMILES string of the molecule is CCC(C)C1NC(=O)CCN(c2ccc(Br)cc2C)C1=O. The van der Waals surface area contributed by atoms with Crippen molar-refractivity contribution in [1.82, 2.24) is 5.32 Å². The molecule has 2 amide bonds. The van der Waals surface area contributed by atoms with Gasteiger partial charge in [0.05, 0.1) is 0 Å². The molecule has 0 spiro atoms. The van der Waals surface area contributed by atoms with Crippen molar-refractivity contribution in [1.29, 1.82) is 0 Å². The molecular formula is C16H21BrN2O2. The maximum Gasteiger partial charge on any atom is 0.249 e. The van der Waals surface area contributed by atoms with Gasteiger partial charge in [-0.3, -0.25) is 9.59 Å². The fourth-order valence-electron chi connectivity index (χ4n) is 2.58. The molecule has 0 aliphatic carbocycles. The molecule has 1 fully saturated rings. The van der Waals surface area contributed by atoms with Crippen molar-refractivity contribution >= 4 is 33.4 Å². The summed E-state index contributed by atoms with van der Waals surface area (Å²) in [5.41, 5.74) is 1.91. The predicted molar refractivity (Wildman–Crippen MR) is 87.2 cm³/mol. The van der Waals surface area contributed by atoms with Gasteiger partial charge in [-0.15, -0.1) is 0 Å². The van der Waals surface area contributed by atoms with Crippen LogP contribution in [0.2, 0.25) is 0 Å². The van der Waals surface area contributed by atoms with Gasteiger partial charge in [0, 0.05) is 23.1 Å². The Morgan fingerprint density at radius 2 is 2.14 bits per heavy atom. The Kier molecular flexibility index (Phi) is 5.04. The molecule has 0 bridgehead atoms. The van der Waals surface area contributed by atoms with Crippen LogP contribution in [-0.4, -0.2) is 24.4 Å². The van der Waals surface area contributed by atoms with Crippen LogP contribution < -0.4 is 10.2 Å². The van der Waals surface area contributed by atoms with E-state index in [-0.39, 0.29) is 17.7 Å². The molecule has 1 aromatic rings. The molecule has 0 aromatic heterocycles. The topological polar surface area (TPSA) is 49.4 Å². The highest BCUT2D eigenvalue weighted by molar-refractivity contribution is 9.10. The van der Waals surface area contributed by atoms with Crippen LogP contribution in [0, 0.1) is 12.8 Å². The summed E-state index contributed by atoms with van der Waals surface area (Å²) in [6.45, 7) is 6.44. The van der Waals surface area contributed by atoms with Gasteiger partial charge in [-0.25, -0.2) is 0 Å². The fourth-order valence-corrected chi connectivity index (χ4v) is 3.06. The number of hydrogen-bond donors (Lipinski definition) is 1.